The summed E-state index contributed by atoms with van der Waals surface area (Å²) in [5, 5.41) is 12.1. The molecule has 5 rings (SSSR count). The van der Waals surface area contributed by atoms with E-state index >= 15 is 8.78 Å². The summed E-state index contributed by atoms with van der Waals surface area (Å²) >= 11 is 0. The SMILES string of the molecule is Cc1nnc2n1-c1c(cc(F)c(-c3ccnc4[nH]ccc34)c1F)NC2(C)C. The molecule has 3 aromatic heterocycles. The van der Waals surface area contributed by atoms with Crippen molar-refractivity contribution in [3.63, 3.8) is 0 Å². The standard InChI is InChI=1S/C19H16F2N6/c1-9-25-26-18-19(2,3)24-13-8-12(20)14(15(21)16(13)27(9)18)10-4-6-22-17-11(10)5-7-23-17/h4-8,24H,1-3H3,(H,22,23). The van der Waals surface area contributed by atoms with Gasteiger partial charge >= 0.3 is 0 Å². The zero-order valence-electron chi connectivity index (χ0n) is 14.9. The highest BCUT2D eigenvalue weighted by Gasteiger charge is 2.37. The Morgan fingerprint density at radius 1 is 1.15 bits per heavy atom. The number of aromatic amines is 1. The van der Waals surface area contributed by atoms with Crippen LogP contribution < -0.4 is 5.32 Å². The molecule has 0 amide bonds. The maximum absolute atomic E-state index is 15.7. The van der Waals surface area contributed by atoms with E-state index in [9.17, 15) is 0 Å². The third kappa shape index (κ3) is 2.06. The normalized spacial score (nSPS) is 14.7. The van der Waals surface area contributed by atoms with E-state index in [0.717, 1.165) is 0 Å². The van der Waals surface area contributed by atoms with Gasteiger partial charge in [-0.25, -0.2) is 13.8 Å². The smallest absolute Gasteiger partial charge is 0.162 e. The number of fused-ring (bicyclic) bond motifs is 4. The number of hydrogen-bond donors (Lipinski definition) is 2. The maximum Gasteiger partial charge on any atom is 0.162 e. The van der Waals surface area contributed by atoms with E-state index in [2.05, 4.69) is 25.5 Å². The number of pyridine rings is 1. The van der Waals surface area contributed by atoms with Crippen LogP contribution in [0.5, 0.6) is 0 Å². The van der Waals surface area contributed by atoms with Gasteiger partial charge in [0, 0.05) is 29.4 Å². The quantitative estimate of drug-likeness (QED) is 0.533. The molecule has 0 fully saturated rings. The van der Waals surface area contributed by atoms with Gasteiger partial charge in [-0.2, -0.15) is 0 Å². The fraction of sp³-hybridized carbons (Fsp3) is 0.211. The van der Waals surface area contributed by atoms with Gasteiger partial charge in [-0.3, -0.25) is 4.57 Å². The molecule has 8 heteroatoms. The summed E-state index contributed by atoms with van der Waals surface area (Å²) in [7, 11) is 0. The Balaban J connectivity index is 1.87. The number of benzene rings is 1. The molecular weight excluding hydrogens is 350 g/mol. The van der Waals surface area contributed by atoms with Gasteiger partial charge in [0.25, 0.3) is 0 Å². The Kier molecular flexibility index (Phi) is 3.02. The minimum Gasteiger partial charge on any atom is -0.371 e. The summed E-state index contributed by atoms with van der Waals surface area (Å²) in [5.74, 6) is -0.187. The highest BCUT2D eigenvalue weighted by atomic mass is 19.1. The van der Waals surface area contributed by atoms with Gasteiger partial charge < -0.3 is 10.3 Å². The first-order valence-corrected chi connectivity index (χ1v) is 8.54. The predicted molar refractivity (Wildman–Crippen MR) is 97.7 cm³/mol. The van der Waals surface area contributed by atoms with Gasteiger partial charge in [0.15, 0.2) is 11.6 Å². The van der Waals surface area contributed by atoms with Crippen LogP contribution in [0.25, 0.3) is 27.8 Å². The number of rotatable bonds is 1. The number of nitrogens with one attached hydrogen (secondary N) is 2. The minimum absolute atomic E-state index is 0.0960. The summed E-state index contributed by atoms with van der Waals surface area (Å²) in [6.07, 6.45) is 3.23. The molecule has 0 atom stereocenters. The summed E-state index contributed by atoms with van der Waals surface area (Å²) in [6.45, 7) is 5.54. The van der Waals surface area contributed by atoms with Crippen molar-refractivity contribution >= 4 is 16.7 Å². The summed E-state index contributed by atoms with van der Waals surface area (Å²) < 4.78 is 32.4. The van der Waals surface area contributed by atoms with Crippen molar-refractivity contribution in [3.8, 4) is 16.8 Å². The first kappa shape index (κ1) is 15.9. The largest absolute Gasteiger partial charge is 0.371 e. The zero-order chi connectivity index (χ0) is 18.9. The Labute approximate surface area is 153 Å². The van der Waals surface area contributed by atoms with Crippen molar-refractivity contribution in [3.05, 3.63) is 53.9 Å². The van der Waals surface area contributed by atoms with Gasteiger partial charge in [-0.15, -0.1) is 10.2 Å². The van der Waals surface area contributed by atoms with Crippen molar-refractivity contribution in [1.82, 2.24) is 24.7 Å². The first-order valence-electron chi connectivity index (χ1n) is 8.54. The van der Waals surface area contributed by atoms with Gasteiger partial charge in [-0.1, -0.05) is 0 Å². The van der Waals surface area contributed by atoms with Crippen LogP contribution in [0.1, 0.15) is 25.5 Å². The van der Waals surface area contributed by atoms with Crippen molar-refractivity contribution in [1.29, 1.82) is 0 Å². The van der Waals surface area contributed by atoms with Gasteiger partial charge in [0.1, 0.15) is 23.0 Å². The molecular formula is C19H16F2N6. The number of hydrogen-bond acceptors (Lipinski definition) is 4. The van der Waals surface area contributed by atoms with Crippen LogP contribution in [0.4, 0.5) is 14.5 Å². The number of anilines is 1. The Bertz CT molecular complexity index is 1220. The predicted octanol–water partition coefficient (Wildman–Crippen LogP) is 4.06. The molecule has 6 nitrogen and oxygen atoms in total. The number of halogens is 2. The van der Waals surface area contributed by atoms with Crippen molar-refractivity contribution in [2.45, 2.75) is 26.3 Å². The molecule has 0 unspecified atom stereocenters. The molecule has 27 heavy (non-hydrogen) atoms. The molecule has 0 saturated heterocycles. The lowest BCUT2D eigenvalue weighted by molar-refractivity contribution is 0.517. The molecule has 0 spiro atoms. The highest BCUT2D eigenvalue weighted by molar-refractivity contribution is 5.94. The van der Waals surface area contributed by atoms with Crippen LogP contribution in [0, 0.1) is 18.6 Å². The molecule has 1 aromatic carbocycles. The van der Waals surface area contributed by atoms with Crippen LogP contribution in [0.15, 0.2) is 30.6 Å². The van der Waals surface area contributed by atoms with E-state index in [1.807, 2.05) is 13.8 Å². The fourth-order valence-electron chi connectivity index (χ4n) is 3.78. The number of aryl methyl sites for hydroxylation is 1. The van der Waals surface area contributed by atoms with Crippen LogP contribution >= 0.6 is 0 Å². The molecule has 2 N–H and O–H groups in total. The molecule has 0 aliphatic carbocycles. The lowest BCUT2D eigenvalue weighted by Gasteiger charge is -2.34. The molecule has 4 aromatic rings. The Morgan fingerprint density at radius 2 is 1.96 bits per heavy atom. The second-order valence-corrected chi connectivity index (χ2v) is 7.20. The highest BCUT2D eigenvalue weighted by Crippen LogP contribution is 2.43. The maximum atomic E-state index is 15.7. The molecule has 0 radical (unpaired) electrons. The minimum atomic E-state index is -0.661. The summed E-state index contributed by atoms with van der Waals surface area (Å²) in [4.78, 5) is 7.17. The van der Waals surface area contributed by atoms with E-state index in [1.165, 1.54) is 12.3 Å². The number of nitrogens with zero attached hydrogens (tertiary/aromatic N) is 4. The van der Waals surface area contributed by atoms with Crippen molar-refractivity contribution in [2.75, 3.05) is 5.32 Å². The molecule has 0 bridgehead atoms. The van der Waals surface area contributed by atoms with E-state index in [-0.39, 0.29) is 11.3 Å². The zero-order valence-corrected chi connectivity index (χ0v) is 14.9. The summed E-state index contributed by atoms with van der Waals surface area (Å²) in [5.41, 5.74) is 0.901. The number of H-pyrrole nitrogens is 1. The summed E-state index contributed by atoms with van der Waals surface area (Å²) in [6, 6.07) is 4.70. The monoisotopic (exact) mass is 366 g/mol. The lowest BCUT2D eigenvalue weighted by atomic mass is 9.96. The van der Waals surface area contributed by atoms with E-state index in [0.29, 0.717) is 33.9 Å². The van der Waals surface area contributed by atoms with Crippen LogP contribution in [-0.2, 0) is 5.54 Å². The third-order valence-corrected chi connectivity index (χ3v) is 4.98. The van der Waals surface area contributed by atoms with Crippen LogP contribution in [0.2, 0.25) is 0 Å². The second-order valence-electron chi connectivity index (χ2n) is 7.20. The molecule has 0 saturated carbocycles. The molecule has 1 aliphatic rings. The average molecular weight is 366 g/mol. The molecule has 1 aliphatic heterocycles. The third-order valence-electron chi connectivity index (χ3n) is 4.98. The van der Waals surface area contributed by atoms with Crippen LogP contribution in [-0.4, -0.2) is 24.7 Å². The molecule has 136 valence electrons. The average Bonchev–Trinajstić information content (AvgIpc) is 3.22. The van der Waals surface area contributed by atoms with Crippen molar-refractivity contribution in [2.24, 2.45) is 0 Å². The van der Waals surface area contributed by atoms with Gasteiger partial charge in [0.2, 0.25) is 0 Å². The number of aromatic nitrogens is 5. The Morgan fingerprint density at radius 3 is 2.78 bits per heavy atom. The van der Waals surface area contributed by atoms with Crippen molar-refractivity contribution < 1.29 is 8.78 Å². The fourth-order valence-corrected chi connectivity index (χ4v) is 3.78. The van der Waals surface area contributed by atoms with Gasteiger partial charge in [0.05, 0.1) is 16.8 Å². The second kappa shape index (κ2) is 5.12. The first-order chi connectivity index (χ1) is 12.9. The van der Waals surface area contributed by atoms with Gasteiger partial charge in [-0.05, 0) is 32.9 Å². The van der Waals surface area contributed by atoms with E-state index in [1.54, 1.807) is 29.8 Å². The topological polar surface area (TPSA) is 71.4 Å². The Hall–Kier alpha value is -3.29. The van der Waals surface area contributed by atoms with E-state index < -0.39 is 17.2 Å². The lowest BCUT2D eigenvalue weighted by Crippen LogP contribution is -2.36. The molecule has 4 heterocycles. The van der Waals surface area contributed by atoms with Crippen LogP contribution in [0.3, 0.4) is 0 Å². The van der Waals surface area contributed by atoms with E-state index in [4.69, 9.17) is 0 Å².